The predicted molar refractivity (Wildman–Crippen MR) is 145 cm³/mol. The van der Waals surface area contributed by atoms with Crippen LogP contribution in [0.25, 0.3) is 0 Å². The van der Waals surface area contributed by atoms with Gasteiger partial charge in [0.2, 0.25) is 0 Å². The molecule has 0 bridgehead atoms. The molecule has 0 spiro atoms. The Morgan fingerprint density at radius 1 is 1.05 bits per heavy atom. The van der Waals surface area contributed by atoms with Crippen LogP contribution in [-0.4, -0.2) is 49.2 Å². The molecule has 2 aliphatic carbocycles. The molecule has 2 aromatic carbocycles. The van der Waals surface area contributed by atoms with Crippen LogP contribution in [0.3, 0.4) is 0 Å². The van der Waals surface area contributed by atoms with Gasteiger partial charge in [-0.15, -0.1) is 0 Å². The monoisotopic (exact) mass is 559 g/mol. The molecular weight excluding hydrogens is 525 g/mol. The Bertz CT molecular complexity index is 1370. The van der Waals surface area contributed by atoms with Crippen LogP contribution < -0.4 is 14.8 Å². The van der Waals surface area contributed by atoms with Crippen LogP contribution in [0.4, 0.5) is 19.7 Å². The Morgan fingerprint density at radius 3 is 2.15 bits per heavy atom. The fraction of sp³-hybridized carbons (Fsp3) is 0.429. The number of amides is 3. The summed E-state index contributed by atoms with van der Waals surface area (Å²) in [5.74, 6) is 0.255. The van der Waals surface area contributed by atoms with Gasteiger partial charge in [-0.1, -0.05) is 6.07 Å². The second-order valence-electron chi connectivity index (χ2n) is 10.9. The van der Waals surface area contributed by atoms with Gasteiger partial charge in [0, 0.05) is 16.8 Å². The van der Waals surface area contributed by atoms with Crippen LogP contribution in [0.5, 0.6) is 5.75 Å². The number of nitrogens with one attached hydrogen (secondary N) is 2. The first-order chi connectivity index (χ1) is 18.4. The number of benzene rings is 2. The second kappa shape index (κ2) is 11.3. The quantitative estimate of drug-likeness (QED) is 0.409. The lowest BCUT2D eigenvalue weighted by atomic mass is 9.99. The number of sulfonamides is 1. The number of nitrogens with zero attached hydrogens (tertiary/aromatic N) is 1. The molecule has 9 nitrogen and oxygen atoms in total. The van der Waals surface area contributed by atoms with E-state index in [4.69, 9.17) is 4.74 Å². The van der Waals surface area contributed by atoms with Gasteiger partial charge in [-0.05, 0) is 106 Å². The first kappa shape index (κ1) is 28.4. The molecule has 3 N–H and O–H groups in total. The van der Waals surface area contributed by atoms with Gasteiger partial charge < -0.3 is 15.2 Å². The number of carbonyl (C=O) groups is 2. The van der Waals surface area contributed by atoms with E-state index in [9.17, 15) is 27.5 Å². The predicted octanol–water partition coefficient (Wildman–Crippen LogP) is 5.19. The molecule has 0 aliphatic heterocycles. The molecule has 0 heterocycles. The number of anilines is 1. The number of fused-ring (bicyclic) bond motifs is 2. The number of halogens is 1. The van der Waals surface area contributed by atoms with Crippen molar-refractivity contribution in [2.75, 3.05) is 18.5 Å². The second-order valence-corrected chi connectivity index (χ2v) is 12.5. The molecule has 0 radical (unpaired) electrons. The van der Waals surface area contributed by atoms with Crippen LogP contribution >= 0.6 is 0 Å². The minimum atomic E-state index is -4.16. The maximum Gasteiger partial charge on any atom is 0.408 e. The van der Waals surface area contributed by atoms with Crippen LogP contribution in [0.2, 0.25) is 0 Å². The number of rotatable bonds is 8. The molecule has 2 aromatic rings. The first-order valence-corrected chi connectivity index (χ1v) is 14.4. The van der Waals surface area contributed by atoms with Gasteiger partial charge in [0.05, 0.1) is 17.8 Å². The van der Waals surface area contributed by atoms with E-state index in [0.29, 0.717) is 6.33 Å². The highest BCUT2D eigenvalue weighted by Crippen LogP contribution is 2.38. The van der Waals surface area contributed by atoms with Gasteiger partial charge in [-0.25, -0.2) is 27.1 Å². The maximum atomic E-state index is 13.4. The molecule has 0 saturated heterocycles. The standard InChI is InChI=1S/C28H34FN3O6S/c1-28(2,3)32(27(34)35)16-18(15-29)17-38-21-10-12-22(13-11-21)39(36,37)31-26(33)30-25-23-8-4-6-19(23)14-20-7-5-9-24(20)25/h10-15H,4-9,16-17H2,1-3H3,(H,34,35)(H2,30,31,33). The highest BCUT2D eigenvalue weighted by molar-refractivity contribution is 7.90. The molecule has 4 rings (SSSR count). The Kier molecular flexibility index (Phi) is 8.20. The number of urea groups is 1. The smallest absolute Gasteiger partial charge is 0.408 e. The molecule has 0 unspecified atom stereocenters. The number of hydrogen-bond donors (Lipinski definition) is 3. The zero-order chi connectivity index (χ0) is 28.4. The van der Waals surface area contributed by atoms with Crippen LogP contribution in [-0.2, 0) is 35.7 Å². The van der Waals surface area contributed by atoms with Crippen molar-refractivity contribution in [3.8, 4) is 5.75 Å². The number of hydrogen-bond acceptors (Lipinski definition) is 5. The zero-order valence-corrected chi connectivity index (χ0v) is 23.2. The summed E-state index contributed by atoms with van der Waals surface area (Å²) < 4.78 is 46.8. The summed E-state index contributed by atoms with van der Waals surface area (Å²) in [4.78, 5) is 25.2. The fourth-order valence-electron chi connectivity index (χ4n) is 5.08. The van der Waals surface area contributed by atoms with Crippen molar-refractivity contribution in [3.05, 3.63) is 64.5 Å². The third-order valence-corrected chi connectivity index (χ3v) is 8.40. The molecule has 0 fully saturated rings. The van der Waals surface area contributed by atoms with Gasteiger partial charge in [0.1, 0.15) is 12.4 Å². The summed E-state index contributed by atoms with van der Waals surface area (Å²) in [6, 6.07) is 6.74. The number of carbonyl (C=O) groups excluding carboxylic acids is 1. The minimum absolute atomic E-state index is 0.0984. The Balaban J connectivity index is 1.38. The van der Waals surface area contributed by atoms with Crippen molar-refractivity contribution in [2.24, 2.45) is 0 Å². The number of carboxylic acid groups (broad SMARTS) is 1. The van der Waals surface area contributed by atoms with E-state index >= 15 is 0 Å². The Morgan fingerprint density at radius 2 is 1.64 bits per heavy atom. The average Bonchev–Trinajstić information content (AvgIpc) is 3.52. The molecule has 0 atom stereocenters. The summed E-state index contributed by atoms with van der Waals surface area (Å²) >= 11 is 0. The van der Waals surface area contributed by atoms with E-state index in [1.807, 2.05) is 0 Å². The van der Waals surface area contributed by atoms with E-state index in [2.05, 4.69) is 16.1 Å². The first-order valence-electron chi connectivity index (χ1n) is 12.9. The highest BCUT2D eigenvalue weighted by atomic mass is 32.2. The van der Waals surface area contributed by atoms with E-state index in [0.717, 1.165) is 60.2 Å². The summed E-state index contributed by atoms with van der Waals surface area (Å²) in [6.07, 6.45) is 4.78. The summed E-state index contributed by atoms with van der Waals surface area (Å²) in [6.45, 7) is 4.68. The average molecular weight is 560 g/mol. The molecule has 2 aliphatic rings. The van der Waals surface area contributed by atoms with E-state index in [1.165, 1.54) is 35.4 Å². The van der Waals surface area contributed by atoms with Gasteiger partial charge in [0.25, 0.3) is 10.0 Å². The lowest BCUT2D eigenvalue weighted by Gasteiger charge is -2.33. The largest absolute Gasteiger partial charge is 0.489 e. The lowest BCUT2D eigenvalue weighted by molar-refractivity contribution is 0.105. The Labute approximate surface area is 228 Å². The van der Waals surface area contributed by atoms with Gasteiger partial charge >= 0.3 is 12.1 Å². The lowest BCUT2D eigenvalue weighted by Crippen LogP contribution is -2.46. The Hall–Kier alpha value is -3.60. The third-order valence-electron chi connectivity index (χ3n) is 7.05. The number of aryl methyl sites for hydroxylation is 2. The van der Waals surface area contributed by atoms with Crippen molar-refractivity contribution < 1.29 is 32.2 Å². The minimum Gasteiger partial charge on any atom is -0.489 e. The van der Waals surface area contributed by atoms with Crippen molar-refractivity contribution in [2.45, 2.75) is 69.7 Å². The van der Waals surface area contributed by atoms with E-state index in [-0.39, 0.29) is 29.4 Å². The zero-order valence-electron chi connectivity index (χ0n) is 22.3. The molecule has 0 aromatic heterocycles. The maximum absolute atomic E-state index is 13.4. The normalized spacial score (nSPS) is 14.9. The van der Waals surface area contributed by atoms with Crippen molar-refractivity contribution in [3.63, 3.8) is 0 Å². The van der Waals surface area contributed by atoms with Crippen molar-refractivity contribution >= 4 is 27.8 Å². The SMILES string of the molecule is CC(C)(C)N(CC(=CF)COc1ccc(S(=O)(=O)NC(=O)Nc2c3c(cc4c2CCC4)CCC3)cc1)C(=O)O. The molecule has 3 amide bonds. The van der Waals surface area contributed by atoms with Gasteiger partial charge in [-0.3, -0.25) is 4.90 Å². The molecule has 0 saturated carbocycles. The van der Waals surface area contributed by atoms with Gasteiger partial charge in [-0.2, -0.15) is 0 Å². The summed E-state index contributed by atoms with van der Waals surface area (Å²) in [5.41, 5.74) is 4.75. The number of ether oxygens (including phenoxy) is 1. The van der Waals surface area contributed by atoms with Crippen molar-refractivity contribution in [1.82, 2.24) is 9.62 Å². The van der Waals surface area contributed by atoms with E-state index in [1.54, 1.807) is 20.8 Å². The van der Waals surface area contributed by atoms with Crippen LogP contribution in [0.15, 0.2) is 47.1 Å². The highest BCUT2D eigenvalue weighted by Gasteiger charge is 2.28. The molecule has 210 valence electrons. The molecule has 39 heavy (non-hydrogen) atoms. The summed E-state index contributed by atoms with van der Waals surface area (Å²) in [7, 11) is -4.16. The molecular formula is C28H34FN3O6S. The summed E-state index contributed by atoms with van der Waals surface area (Å²) in [5, 5.41) is 12.2. The third kappa shape index (κ3) is 6.52. The molecule has 11 heteroatoms. The topological polar surface area (TPSA) is 125 Å². The van der Waals surface area contributed by atoms with Crippen molar-refractivity contribution in [1.29, 1.82) is 0 Å². The van der Waals surface area contributed by atoms with Crippen LogP contribution in [0.1, 0.15) is 55.9 Å². The fourth-order valence-corrected chi connectivity index (χ4v) is 5.99. The van der Waals surface area contributed by atoms with E-state index < -0.39 is 27.7 Å². The van der Waals surface area contributed by atoms with Crippen LogP contribution in [0, 0.1) is 0 Å². The van der Waals surface area contributed by atoms with Gasteiger partial charge in [0.15, 0.2) is 0 Å².